The second-order valence-electron chi connectivity index (χ2n) is 6.18. The summed E-state index contributed by atoms with van der Waals surface area (Å²) in [5.74, 6) is 2.33. The topological polar surface area (TPSA) is 52.8 Å². The molecule has 0 atom stereocenters. The highest BCUT2D eigenvalue weighted by Gasteiger charge is 2.15. The molecule has 7 heteroatoms. The van der Waals surface area contributed by atoms with Crippen LogP contribution in [0.1, 0.15) is 12.8 Å². The summed E-state index contributed by atoms with van der Waals surface area (Å²) in [6.45, 7) is 1.12. The van der Waals surface area contributed by atoms with Crippen LogP contribution < -0.4 is 14.3 Å². The van der Waals surface area contributed by atoms with Gasteiger partial charge in [-0.3, -0.25) is 4.79 Å². The van der Waals surface area contributed by atoms with Crippen molar-refractivity contribution in [3.8, 4) is 11.5 Å². The van der Waals surface area contributed by atoms with Crippen LogP contribution in [0.4, 0.5) is 0 Å². The lowest BCUT2D eigenvalue weighted by Gasteiger charge is -2.18. The van der Waals surface area contributed by atoms with E-state index in [1.807, 2.05) is 41.9 Å². The fraction of sp³-hybridized carbons (Fsp3) is 0.300. The zero-order chi connectivity index (χ0) is 18.6. The Hall–Kier alpha value is -2.25. The van der Waals surface area contributed by atoms with Crippen molar-refractivity contribution in [3.05, 3.63) is 47.3 Å². The summed E-state index contributed by atoms with van der Waals surface area (Å²) in [7, 11) is 1.92. The predicted octanol–water partition coefficient (Wildman–Crippen LogP) is 4.01. The molecule has 2 aromatic carbocycles. The van der Waals surface area contributed by atoms with Gasteiger partial charge in [0, 0.05) is 30.5 Å². The largest absolute Gasteiger partial charge is 0.486 e. The average Bonchev–Trinajstić information content (AvgIpc) is 2.99. The monoisotopic (exact) mass is 400 g/mol. The number of thiazole rings is 1. The Morgan fingerprint density at radius 3 is 2.70 bits per heavy atom. The maximum absolute atomic E-state index is 12.3. The first-order valence-electron chi connectivity index (χ1n) is 8.85. The molecule has 3 aromatic rings. The van der Waals surface area contributed by atoms with Crippen LogP contribution in [0.5, 0.6) is 11.5 Å². The van der Waals surface area contributed by atoms with Crippen LogP contribution >= 0.6 is 23.1 Å². The SMILES string of the molecule is Cn1c(=NC(=O)CCCSc2ccccc2)sc2cc3c(cc21)OCCO3. The van der Waals surface area contributed by atoms with Crippen LogP contribution in [0.3, 0.4) is 0 Å². The van der Waals surface area contributed by atoms with Gasteiger partial charge in [0.15, 0.2) is 16.3 Å². The first kappa shape index (κ1) is 18.1. The molecule has 4 rings (SSSR count). The van der Waals surface area contributed by atoms with Crippen molar-refractivity contribution in [3.63, 3.8) is 0 Å². The van der Waals surface area contributed by atoms with Crippen molar-refractivity contribution in [1.29, 1.82) is 0 Å². The second-order valence-corrected chi connectivity index (χ2v) is 8.36. The van der Waals surface area contributed by atoms with Crippen molar-refractivity contribution in [2.24, 2.45) is 12.0 Å². The number of carbonyl (C=O) groups excluding carboxylic acids is 1. The molecule has 0 fully saturated rings. The van der Waals surface area contributed by atoms with Crippen LogP contribution in [0, 0.1) is 0 Å². The Kier molecular flexibility index (Phi) is 5.50. The van der Waals surface area contributed by atoms with Gasteiger partial charge in [-0.2, -0.15) is 4.99 Å². The van der Waals surface area contributed by atoms with Gasteiger partial charge in [-0.25, -0.2) is 0 Å². The molecule has 0 saturated carbocycles. The van der Waals surface area contributed by atoms with E-state index < -0.39 is 0 Å². The number of amides is 1. The minimum absolute atomic E-state index is 0.0805. The summed E-state index contributed by atoms with van der Waals surface area (Å²) in [4.78, 5) is 18.5. The third-order valence-electron chi connectivity index (χ3n) is 4.24. The molecule has 2 heterocycles. The number of aryl methyl sites for hydroxylation is 1. The van der Waals surface area contributed by atoms with E-state index in [4.69, 9.17) is 9.47 Å². The van der Waals surface area contributed by atoms with Crippen molar-refractivity contribution in [2.45, 2.75) is 17.7 Å². The lowest BCUT2D eigenvalue weighted by Crippen LogP contribution is -2.15. The predicted molar refractivity (Wildman–Crippen MR) is 109 cm³/mol. The molecule has 0 spiro atoms. The van der Waals surface area contributed by atoms with Crippen LogP contribution in [0.2, 0.25) is 0 Å². The molecule has 27 heavy (non-hydrogen) atoms. The minimum Gasteiger partial charge on any atom is -0.486 e. The van der Waals surface area contributed by atoms with Gasteiger partial charge in [0.1, 0.15) is 13.2 Å². The first-order chi connectivity index (χ1) is 13.2. The molecule has 1 aliphatic rings. The number of fused-ring (bicyclic) bond motifs is 2. The van der Waals surface area contributed by atoms with Gasteiger partial charge in [0.2, 0.25) is 5.91 Å². The summed E-state index contributed by atoms with van der Waals surface area (Å²) in [5.41, 5.74) is 0.996. The van der Waals surface area contributed by atoms with E-state index in [2.05, 4.69) is 17.1 Å². The maximum atomic E-state index is 12.3. The Balaban J connectivity index is 1.44. The summed E-state index contributed by atoms with van der Waals surface area (Å²) in [6.07, 6.45) is 1.27. The minimum atomic E-state index is -0.0805. The van der Waals surface area contributed by atoms with E-state index >= 15 is 0 Å². The molecule has 0 radical (unpaired) electrons. The summed E-state index contributed by atoms with van der Waals surface area (Å²) in [6, 6.07) is 14.2. The molecule has 140 valence electrons. The van der Waals surface area contributed by atoms with Crippen LogP contribution in [-0.4, -0.2) is 29.4 Å². The van der Waals surface area contributed by atoms with Crippen LogP contribution in [-0.2, 0) is 11.8 Å². The third kappa shape index (κ3) is 4.20. The highest BCUT2D eigenvalue weighted by atomic mass is 32.2. The van der Waals surface area contributed by atoms with Crippen molar-refractivity contribution in [1.82, 2.24) is 4.57 Å². The molecule has 0 bridgehead atoms. The standard InChI is InChI=1S/C20H20N2O3S2/c1-22-15-12-16-17(25-10-9-24-16)13-18(15)27-20(22)21-19(23)8-5-11-26-14-6-3-2-4-7-14/h2-4,6-7,12-13H,5,8-11H2,1H3. The van der Waals surface area contributed by atoms with Gasteiger partial charge in [0.25, 0.3) is 0 Å². The highest BCUT2D eigenvalue weighted by Crippen LogP contribution is 2.35. The van der Waals surface area contributed by atoms with Gasteiger partial charge in [-0.1, -0.05) is 29.5 Å². The summed E-state index contributed by atoms with van der Waals surface area (Å²) < 4.78 is 14.3. The van der Waals surface area contributed by atoms with E-state index in [-0.39, 0.29) is 5.91 Å². The van der Waals surface area contributed by atoms with Gasteiger partial charge < -0.3 is 14.0 Å². The van der Waals surface area contributed by atoms with E-state index in [1.165, 1.54) is 16.2 Å². The molecule has 1 aromatic heterocycles. The van der Waals surface area contributed by atoms with Crippen molar-refractivity contribution < 1.29 is 14.3 Å². The zero-order valence-electron chi connectivity index (χ0n) is 15.0. The zero-order valence-corrected chi connectivity index (χ0v) is 16.6. The number of thioether (sulfide) groups is 1. The molecule has 1 aliphatic heterocycles. The Labute approximate surface area is 165 Å². The molecule has 0 aliphatic carbocycles. The second kappa shape index (κ2) is 8.19. The Bertz CT molecular complexity index is 1020. The summed E-state index contributed by atoms with van der Waals surface area (Å²) >= 11 is 3.26. The van der Waals surface area contributed by atoms with Gasteiger partial charge >= 0.3 is 0 Å². The third-order valence-corrected chi connectivity index (χ3v) is 6.43. The van der Waals surface area contributed by atoms with E-state index in [0.29, 0.717) is 24.4 Å². The number of carbonyl (C=O) groups is 1. The fourth-order valence-corrected chi connectivity index (χ4v) is 4.78. The van der Waals surface area contributed by atoms with Crippen LogP contribution in [0.25, 0.3) is 10.2 Å². The molecule has 0 unspecified atom stereocenters. The number of nitrogens with zero attached hydrogens (tertiary/aromatic N) is 2. The normalized spacial score (nSPS) is 13.9. The first-order valence-corrected chi connectivity index (χ1v) is 10.7. The number of benzene rings is 2. The highest BCUT2D eigenvalue weighted by molar-refractivity contribution is 7.99. The van der Waals surface area contributed by atoms with Gasteiger partial charge in [-0.05, 0) is 24.3 Å². The number of aromatic nitrogens is 1. The molecule has 0 N–H and O–H groups in total. The number of rotatable bonds is 5. The van der Waals surface area contributed by atoms with Gasteiger partial charge in [0.05, 0.1) is 10.2 Å². The molecular formula is C20H20N2O3S2. The Morgan fingerprint density at radius 2 is 1.93 bits per heavy atom. The maximum Gasteiger partial charge on any atom is 0.248 e. The van der Waals surface area contributed by atoms with Crippen molar-refractivity contribution in [2.75, 3.05) is 19.0 Å². The summed E-state index contributed by atoms with van der Waals surface area (Å²) in [5, 5.41) is 0. The molecule has 0 saturated heterocycles. The van der Waals surface area contributed by atoms with E-state index in [1.54, 1.807) is 11.8 Å². The Morgan fingerprint density at radius 1 is 1.19 bits per heavy atom. The number of hydrogen-bond donors (Lipinski definition) is 0. The van der Waals surface area contributed by atoms with Gasteiger partial charge in [-0.15, -0.1) is 11.8 Å². The smallest absolute Gasteiger partial charge is 0.248 e. The molecule has 1 amide bonds. The number of hydrogen-bond acceptors (Lipinski definition) is 5. The van der Waals surface area contributed by atoms with Crippen LogP contribution in [0.15, 0.2) is 52.4 Å². The molecular weight excluding hydrogens is 380 g/mol. The average molecular weight is 401 g/mol. The van der Waals surface area contributed by atoms with Crippen molar-refractivity contribution >= 4 is 39.2 Å². The molecule has 5 nitrogen and oxygen atoms in total. The van der Waals surface area contributed by atoms with E-state index in [0.717, 1.165) is 33.9 Å². The lowest BCUT2D eigenvalue weighted by atomic mass is 10.3. The van der Waals surface area contributed by atoms with E-state index in [9.17, 15) is 4.79 Å². The fourth-order valence-electron chi connectivity index (χ4n) is 2.86. The lowest BCUT2D eigenvalue weighted by molar-refractivity contribution is -0.118. The quantitative estimate of drug-likeness (QED) is 0.480. The number of ether oxygens (including phenoxy) is 2.